The van der Waals surface area contributed by atoms with Crippen molar-refractivity contribution in [2.24, 2.45) is 0 Å². The SMILES string of the molecule is CC1CNc2cc(CC(C)N(C)c3ccccc3)ccc2O1. The fourth-order valence-electron chi connectivity index (χ4n) is 2.85. The van der Waals surface area contributed by atoms with E-state index in [0.29, 0.717) is 6.04 Å². The van der Waals surface area contributed by atoms with Gasteiger partial charge in [-0.1, -0.05) is 24.3 Å². The summed E-state index contributed by atoms with van der Waals surface area (Å²) >= 11 is 0. The lowest BCUT2D eigenvalue weighted by Gasteiger charge is -2.28. The van der Waals surface area contributed by atoms with Gasteiger partial charge in [-0.05, 0) is 50.1 Å². The molecule has 22 heavy (non-hydrogen) atoms. The Morgan fingerprint density at radius 3 is 2.77 bits per heavy atom. The number of nitrogens with one attached hydrogen (secondary N) is 1. The van der Waals surface area contributed by atoms with Crippen LogP contribution in [0, 0.1) is 0 Å². The molecule has 3 rings (SSSR count). The van der Waals surface area contributed by atoms with Gasteiger partial charge in [-0.25, -0.2) is 0 Å². The molecule has 3 nitrogen and oxygen atoms in total. The van der Waals surface area contributed by atoms with Gasteiger partial charge in [0.1, 0.15) is 11.9 Å². The normalized spacial score (nSPS) is 17.9. The van der Waals surface area contributed by atoms with Crippen LogP contribution in [0.25, 0.3) is 0 Å². The molecule has 2 unspecified atom stereocenters. The highest BCUT2D eigenvalue weighted by Crippen LogP contribution is 2.30. The maximum Gasteiger partial charge on any atom is 0.142 e. The molecule has 0 aliphatic carbocycles. The second kappa shape index (κ2) is 6.30. The Morgan fingerprint density at radius 2 is 2.00 bits per heavy atom. The van der Waals surface area contributed by atoms with Crippen molar-refractivity contribution in [3.63, 3.8) is 0 Å². The number of fused-ring (bicyclic) bond motifs is 1. The molecule has 3 heteroatoms. The van der Waals surface area contributed by atoms with Crippen LogP contribution in [0.4, 0.5) is 11.4 Å². The molecule has 0 spiro atoms. The zero-order chi connectivity index (χ0) is 15.5. The van der Waals surface area contributed by atoms with E-state index in [1.54, 1.807) is 0 Å². The van der Waals surface area contributed by atoms with Crippen molar-refractivity contribution in [3.8, 4) is 5.75 Å². The van der Waals surface area contributed by atoms with Gasteiger partial charge in [-0.15, -0.1) is 0 Å². The third kappa shape index (κ3) is 3.19. The predicted octanol–water partition coefficient (Wildman–Crippen LogP) is 3.95. The third-order valence-corrected chi connectivity index (χ3v) is 4.31. The predicted molar refractivity (Wildman–Crippen MR) is 93.0 cm³/mol. The molecule has 0 bridgehead atoms. The van der Waals surface area contributed by atoms with Crippen molar-refractivity contribution < 1.29 is 4.74 Å². The van der Waals surface area contributed by atoms with Gasteiger partial charge in [0.15, 0.2) is 0 Å². The molecule has 2 atom stereocenters. The Kier molecular flexibility index (Phi) is 4.23. The van der Waals surface area contributed by atoms with E-state index in [1.165, 1.54) is 11.3 Å². The lowest BCUT2D eigenvalue weighted by atomic mass is 10.0. The molecular formula is C19H24N2O. The summed E-state index contributed by atoms with van der Waals surface area (Å²) in [6.07, 6.45) is 1.25. The second-order valence-corrected chi connectivity index (χ2v) is 6.14. The molecule has 1 heterocycles. The highest BCUT2D eigenvalue weighted by Gasteiger charge is 2.17. The molecule has 0 aromatic heterocycles. The minimum Gasteiger partial charge on any atom is -0.487 e. The molecular weight excluding hydrogens is 272 g/mol. The maximum absolute atomic E-state index is 5.84. The standard InChI is InChI=1S/C19H24N2O/c1-14(21(3)17-7-5-4-6-8-17)11-16-9-10-19-18(12-16)20-13-15(2)22-19/h4-10,12,14-15,20H,11,13H2,1-3H3. The third-order valence-electron chi connectivity index (χ3n) is 4.31. The summed E-state index contributed by atoms with van der Waals surface area (Å²) in [6, 6.07) is 17.4. The summed E-state index contributed by atoms with van der Waals surface area (Å²) < 4.78 is 5.84. The first kappa shape index (κ1) is 14.8. The van der Waals surface area contributed by atoms with Gasteiger partial charge in [-0.2, -0.15) is 0 Å². The Morgan fingerprint density at radius 1 is 1.23 bits per heavy atom. The fraction of sp³-hybridized carbons (Fsp3) is 0.368. The van der Waals surface area contributed by atoms with Crippen molar-refractivity contribution in [2.45, 2.75) is 32.4 Å². The van der Waals surface area contributed by atoms with E-state index in [1.807, 2.05) is 0 Å². The van der Waals surface area contributed by atoms with Crippen LogP contribution in [0.1, 0.15) is 19.4 Å². The molecule has 1 aliphatic heterocycles. The summed E-state index contributed by atoms with van der Waals surface area (Å²) in [7, 11) is 2.15. The quantitative estimate of drug-likeness (QED) is 0.924. The molecule has 0 saturated heterocycles. The minimum absolute atomic E-state index is 0.237. The number of hydrogen-bond donors (Lipinski definition) is 1. The molecule has 0 fully saturated rings. The molecule has 0 saturated carbocycles. The van der Waals surface area contributed by atoms with E-state index in [2.05, 4.69) is 79.6 Å². The van der Waals surface area contributed by atoms with E-state index in [0.717, 1.165) is 24.4 Å². The Labute approximate surface area is 132 Å². The average molecular weight is 296 g/mol. The average Bonchev–Trinajstić information content (AvgIpc) is 2.55. The maximum atomic E-state index is 5.84. The van der Waals surface area contributed by atoms with Crippen molar-refractivity contribution in [3.05, 3.63) is 54.1 Å². The number of ether oxygens (including phenoxy) is 1. The highest BCUT2D eigenvalue weighted by atomic mass is 16.5. The number of nitrogens with zero attached hydrogens (tertiary/aromatic N) is 1. The van der Waals surface area contributed by atoms with Gasteiger partial charge >= 0.3 is 0 Å². The molecule has 2 aromatic rings. The smallest absolute Gasteiger partial charge is 0.142 e. The van der Waals surface area contributed by atoms with Gasteiger partial charge in [-0.3, -0.25) is 0 Å². The van der Waals surface area contributed by atoms with Gasteiger partial charge in [0.25, 0.3) is 0 Å². The number of rotatable bonds is 4. The second-order valence-electron chi connectivity index (χ2n) is 6.14. The molecule has 2 aromatic carbocycles. The zero-order valence-electron chi connectivity index (χ0n) is 13.5. The topological polar surface area (TPSA) is 24.5 Å². The zero-order valence-corrected chi connectivity index (χ0v) is 13.5. The Bertz CT molecular complexity index is 627. The van der Waals surface area contributed by atoms with Crippen molar-refractivity contribution in [1.82, 2.24) is 0 Å². The first-order chi connectivity index (χ1) is 10.6. The number of benzene rings is 2. The van der Waals surface area contributed by atoms with Crippen LogP contribution < -0.4 is 15.0 Å². The van der Waals surface area contributed by atoms with Gasteiger partial charge in [0.05, 0.1) is 12.2 Å². The lowest BCUT2D eigenvalue weighted by molar-refractivity contribution is 0.226. The van der Waals surface area contributed by atoms with Crippen LogP contribution in [0.2, 0.25) is 0 Å². The number of para-hydroxylation sites is 1. The minimum atomic E-state index is 0.237. The first-order valence-electron chi connectivity index (χ1n) is 7.95. The fourth-order valence-corrected chi connectivity index (χ4v) is 2.85. The van der Waals surface area contributed by atoms with Crippen LogP contribution in [0.15, 0.2) is 48.5 Å². The van der Waals surface area contributed by atoms with Crippen LogP contribution in [0.3, 0.4) is 0 Å². The number of hydrogen-bond acceptors (Lipinski definition) is 3. The van der Waals surface area contributed by atoms with E-state index in [-0.39, 0.29) is 6.10 Å². The number of anilines is 2. The molecule has 0 amide bonds. The lowest BCUT2D eigenvalue weighted by Crippen LogP contribution is -2.31. The summed E-state index contributed by atoms with van der Waals surface area (Å²) in [5, 5.41) is 3.45. The Hall–Kier alpha value is -2.16. The highest BCUT2D eigenvalue weighted by molar-refractivity contribution is 5.59. The molecule has 0 radical (unpaired) electrons. The largest absolute Gasteiger partial charge is 0.487 e. The van der Waals surface area contributed by atoms with E-state index >= 15 is 0 Å². The van der Waals surface area contributed by atoms with Crippen LogP contribution in [-0.2, 0) is 6.42 Å². The first-order valence-corrected chi connectivity index (χ1v) is 7.95. The van der Waals surface area contributed by atoms with Crippen LogP contribution >= 0.6 is 0 Å². The van der Waals surface area contributed by atoms with Crippen molar-refractivity contribution in [1.29, 1.82) is 0 Å². The summed E-state index contributed by atoms with van der Waals surface area (Å²) in [5.74, 6) is 0.964. The van der Waals surface area contributed by atoms with Gasteiger partial charge < -0.3 is 15.0 Å². The summed E-state index contributed by atoms with van der Waals surface area (Å²) in [5.41, 5.74) is 3.70. The van der Waals surface area contributed by atoms with E-state index < -0.39 is 0 Å². The monoisotopic (exact) mass is 296 g/mol. The van der Waals surface area contributed by atoms with E-state index in [9.17, 15) is 0 Å². The van der Waals surface area contributed by atoms with E-state index in [4.69, 9.17) is 4.74 Å². The van der Waals surface area contributed by atoms with Gasteiger partial charge in [0, 0.05) is 18.8 Å². The van der Waals surface area contributed by atoms with Crippen LogP contribution in [-0.4, -0.2) is 25.7 Å². The van der Waals surface area contributed by atoms with Crippen LogP contribution in [0.5, 0.6) is 5.75 Å². The van der Waals surface area contributed by atoms with Gasteiger partial charge in [0.2, 0.25) is 0 Å². The number of likely N-dealkylation sites (N-methyl/N-ethyl adjacent to an activating group) is 1. The van der Waals surface area contributed by atoms with Crippen molar-refractivity contribution >= 4 is 11.4 Å². The molecule has 1 aliphatic rings. The summed E-state index contributed by atoms with van der Waals surface area (Å²) in [6.45, 7) is 5.22. The molecule has 116 valence electrons. The summed E-state index contributed by atoms with van der Waals surface area (Å²) in [4.78, 5) is 2.32. The Balaban J connectivity index is 1.70. The molecule has 1 N–H and O–H groups in total. The van der Waals surface area contributed by atoms with Crippen molar-refractivity contribution in [2.75, 3.05) is 23.8 Å².